The van der Waals surface area contributed by atoms with Crippen LogP contribution in [0.1, 0.15) is 11.6 Å². The third kappa shape index (κ3) is 4.65. The number of hydrogen-bond donors (Lipinski definition) is 1. The van der Waals surface area contributed by atoms with Crippen LogP contribution in [-0.4, -0.2) is 37.3 Å². The molecule has 2 rings (SSSR count). The van der Waals surface area contributed by atoms with Gasteiger partial charge in [-0.3, -0.25) is 4.90 Å². The zero-order valence-electron chi connectivity index (χ0n) is 11.1. The lowest BCUT2D eigenvalue weighted by Crippen LogP contribution is -2.49. The maximum absolute atomic E-state index is 13.6. The summed E-state index contributed by atoms with van der Waals surface area (Å²) >= 11 is 0. The highest BCUT2D eigenvalue weighted by Gasteiger charge is 2.46. The summed E-state index contributed by atoms with van der Waals surface area (Å²) in [6, 6.07) is -1.72. The molecule has 1 heterocycles. The minimum absolute atomic E-state index is 0. The Morgan fingerprint density at radius 3 is 2.05 bits per heavy atom. The van der Waals surface area contributed by atoms with E-state index >= 15 is 0 Å². The molecule has 0 unspecified atom stereocenters. The number of rotatable bonds is 2. The number of nitrogens with zero attached hydrogens (tertiary/aromatic N) is 1. The number of benzene rings is 1. The first kappa shape index (κ1) is 21.3. The largest absolute Gasteiger partial charge is 0.408 e. The first-order chi connectivity index (χ1) is 9.30. The van der Waals surface area contributed by atoms with Gasteiger partial charge in [0.1, 0.15) is 11.9 Å². The van der Waals surface area contributed by atoms with Gasteiger partial charge in [0.25, 0.3) is 0 Å². The van der Waals surface area contributed by atoms with E-state index < -0.39 is 35.2 Å². The molecule has 2 nitrogen and oxygen atoms in total. The number of alkyl halides is 3. The van der Waals surface area contributed by atoms with E-state index in [-0.39, 0.29) is 44.0 Å². The van der Waals surface area contributed by atoms with Crippen molar-refractivity contribution in [3.63, 3.8) is 0 Å². The Labute approximate surface area is 135 Å². The SMILES string of the molecule is Cl.Cl.Fc1cc(F)c(F)c([C@H](N2CCNCC2)C(F)(F)F)c1. The molecule has 0 aromatic heterocycles. The van der Waals surface area contributed by atoms with Gasteiger partial charge in [-0.25, -0.2) is 13.2 Å². The molecule has 1 saturated heterocycles. The van der Waals surface area contributed by atoms with Gasteiger partial charge in [0.2, 0.25) is 0 Å². The van der Waals surface area contributed by atoms with Crippen molar-refractivity contribution in [3.05, 3.63) is 35.1 Å². The van der Waals surface area contributed by atoms with Gasteiger partial charge in [0.15, 0.2) is 11.6 Å². The van der Waals surface area contributed by atoms with Gasteiger partial charge in [0.05, 0.1) is 0 Å². The monoisotopic (exact) mass is 370 g/mol. The normalized spacial score (nSPS) is 17.4. The summed E-state index contributed by atoms with van der Waals surface area (Å²) in [4.78, 5) is 0.966. The van der Waals surface area contributed by atoms with E-state index in [9.17, 15) is 26.3 Å². The topological polar surface area (TPSA) is 15.3 Å². The summed E-state index contributed by atoms with van der Waals surface area (Å²) in [6.07, 6.45) is -4.82. The van der Waals surface area contributed by atoms with Gasteiger partial charge < -0.3 is 5.32 Å². The Morgan fingerprint density at radius 2 is 1.55 bits per heavy atom. The number of piperazine rings is 1. The molecule has 1 atom stereocenters. The van der Waals surface area contributed by atoms with Crippen LogP contribution in [0, 0.1) is 17.5 Å². The fourth-order valence-electron chi connectivity index (χ4n) is 2.30. The van der Waals surface area contributed by atoms with Crippen LogP contribution in [0.3, 0.4) is 0 Å². The second-order valence-electron chi connectivity index (χ2n) is 4.52. The molecule has 1 aliphatic rings. The molecule has 1 N–H and O–H groups in total. The van der Waals surface area contributed by atoms with E-state index in [4.69, 9.17) is 0 Å². The van der Waals surface area contributed by atoms with E-state index in [1.807, 2.05) is 0 Å². The summed E-state index contributed by atoms with van der Waals surface area (Å²) < 4.78 is 79.4. The molecule has 128 valence electrons. The van der Waals surface area contributed by atoms with E-state index in [1.165, 1.54) is 0 Å². The summed E-state index contributed by atoms with van der Waals surface area (Å²) in [5.74, 6) is -4.51. The molecule has 1 aromatic carbocycles. The summed E-state index contributed by atoms with van der Waals surface area (Å²) in [7, 11) is 0. The lowest BCUT2D eigenvalue weighted by molar-refractivity contribution is -0.188. The Kier molecular flexibility index (Phi) is 7.97. The van der Waals surface area contributed by atoms with Gasteiger partial charge in [0, 0.05) is 37.8 Å². The smallest absolute Gasteiger partial charge is 0.314 e. The van der Waals surface area contributed by atoms with Crippen LogP contribution in [-0.2, 0) is 0 Å². The van der Waals surface area contributed by atoms with Gasteiger partial charge in [-0.15, -0.1) is 24.8 Å². The van der Waals surface area contributed by atoms with Crippen molar-refractivity contribution in [2.24, 2.45) is 0 Å². The molecule has 0 spiro atoms. The van der Waals surface area contributed by atoms with Gasteiger partial charge in [-0.1, -0.05) is 0 Å². The Hall–Kier alpha value is -0.700. The molecule has 0 radical (unpaired) electrons. The van der Waals surface area contributed by atoms with E-state index in [0.29, 0.717) is 19.2 Å². The Bertz CT molecular complexity index is 491. The molecule has 0 saturated carbocycles. The van der Waals surface area contributed by atoms with E-state index in [2.05, 4.69) is 5.32 Å². The number of halogens is 8. The Morgan fingerprint density at radius 1 is 1.00 bits per heavy atom. The maximum Gasteiger partial charge on any atom is 0.408 e. The fraction of sp³-hybridized carbons (Fsp3) is 0.500. The van der Waals surface area contributed by atoms with Crippen molar-refractivity contribution in [3.8, 4) is 0 Å². The van der Waals surface area contributed by atoms with Crippen molar-refractivity contribution < 1.29 is 26.3 Å². The third-order valence-corrected chi connectivity index (χ3v) is 3.14. The molecule has 0 bridgehead atoms. The molecular weight excluding hydrogens is 357 g/mol. The highest BCUT2D eigenvalue weighted by molar-refractivity contribution is 5.85. The average molecular weight is 371 g/mol. The first-order valence-corrected chi connectivity index (χ1v) is 5.96. The van der Waals surface area contributed by atoms with Crippen LogP contribution in [0.4, 0.5) is 26.3 Å². The van der Waals surface area contributed by atoms with Gasteiger partial charge >= 0.3 is 6.18 Å². The van der Waals surface area contributed by atoms with Gasteiger partial charge in [-0.05, 0) is 6.07 Å². The zero-order valence-corrected chi connectivity index (χ0v) is 12.7. The quantitative estimate of drug-likeness (QED) is 0.633. The third-order valence-electron chi connectivity index (χ3n) is 3.14. The van der Waals surface area contributed by atoms with Crippen LogP contribution in [0.2, 0.25) is 0 Å². The summed E-state index contributed by atoms with van der Waals surface area (Å²) in [5, 5.41) is 2.86. The zero-order chi connectivity index (χ0) is 14.9. The van der Waals surface area contributed by atoms with Crippen LogP contribution >= 0.6 is 24.8 Å². The molecule has 0 aliphatic carbocycles. The Balaban J connectivity index is 0.00000220. The van der Waals surface area contributed by atoms with Crippen LogP contribution in [0.15, 0.2) is 12.1 Å². The molecular formula is C12H14Cl2F6N2. The van der Waals surface area contributed by atoms with Crippen molar-refractivity contribution in [2.75, 3.05) is 26.2 Å². The van der Waals surface area contributed by atoms with Crippen LogP contribution < -0.4 is 5.32 Å². The molecule has 10 heteroatoms. The maximum atomic E-state index is 13.6. The highest BCUT2D eigenvalue weighted by atomic mass is 35.5. The molecule has 1 aromatic rings. The second-order valence-corrected chi connectivity index (χ2v) is 4.52. The summed E-state index contributed by atoms with van der Waals surface area (Å²) in [5.41, 5.74) is -1.02. The molecule has 1 fully saturated rings. The van der Waals surface area contributed by atoms with Crippen molar-refractivity contribution in [2.45, 2.75) is 12.2 Å². The lowest BCUT2D eigenvalue weighted by Gasteiger charge is -2.36. The molecule has 1 aliphatic heterocycles. The predicted molar refractivity (Wildman–Crippen MR) is 74.1 cm³/mol. The minimum Gasteiger partial charge on any atom is -0.314 e. The molecule has 0 amide bonds. The van der Waals surface area contributed by atoms with E-state index in [1.54, 1.807) is 0 Å². The van der Waals surface area contributed by atoms with Crippen molar-refractivity contribution in [1.82, 2.24) is 10.2 Å². The van der Waals surface area contributed by atoms with Gasteiger partial charge in [-0.2, -0.15) is 13.2 Å². The number of hydrogen-bond acceptors (Lipinski definition) is 2. The first-order valence-electron chi connectivity index (χ1n) is 5.96. The fourth-order valence-corrected chi connectivity index (χ4v) is 2.30. The van der Waals surface area contributed by atoms with Crippen molar-refractivity contribution >= 4 is 24.8 Å². The lowest BCUT2D eigenvalue weighted by atomic mass is 10.0. The van der Waals surface area contributed by atoms with Crippen LogP contribution in [0.25, 0.3) is 0 Å². The van der Waals surface area contributed by atoms with Crippen molar-refractivity contribution in [1.29, 1.82) is 0 Å². The van der Waals surface area contributed by atoms with Crippen LogP contribution in [0.5, 0.6) is 0 Å². The second kappa shape index (κ2) is 8.24. The average Bonchev–Trinajstić information content (AvgIpc) is 2.35. The minimum atomic E-state index is -4.82. The van der Waals surface area contributed by atoms with E-state index in [0.717, 1.165) is 4.90 Å². The highest BCUT2D eigenvalue weighted by Crippen LogP contribution is 2.39. The number of nitrogens with one attached hydrogen (secondary N) is 1. The standard InChI is InChI=1S/C12H12F6N2.2ClH/c13-7-5-8(10(15)9(14)6-7)11(12(16,17)18)20-3-1-19-2-4-20;;/h5-6,11,19H,1-4H2;2*1H/t11-;;/m0../s1. The predicted octanol–water partition coefficient (Wildman–Crippen LogP) is 3.46. The molecule has 22 heavy (non-hydrogen) atoms. The summed E-state index contributed by atoms with van der Waals surface area (Å²) in [6.45, 7) is 0.626.